The predicted octanol–water partition coefficient (Wildman–Crippen LogP) is 3.20. The first-order chi connectivity index (χ1) is 12.5. The summed E-state index contributed by atoms with van der Waals surface area (Å²) in [4.78, 5) is 20.9. The predicted molar refractivity (Wildman–Crippen MR) is 93.9 cm³/mol. The molecule has 1 unspecified atom stereocenters. The number of likely N-dealkylation sites (tertiary alicyclic amines) is 1. The Hall–Kier alpha value is -2.80. The van der Waals surface area contributed by atoms with Crippen LogP contribution in [0.2, 0.25) is 0 Å². The zero-order valence-electron chi connectivity index (χ0n) is 14.0. The van der Waals surface area contributed by atoms with Gasteiger partial charge in [0.25, 0.3) is 12.3 Å². The van der Waals surface area contributed by atoms with Crippen LogP contribution in [-0.4, -0.2) is 33.9 Å². The number of carbonyl (C=O) groups excluding carboxylic acids is 1. The molecule has 0 bridgehead atoms. The number of carbonyl (C=O) groups is 1. The number of hydrogen-bond donors (Lipinski definition) is 2. The van der Waals surface area contributed by atoms with Crippen molar-refractivity contribution in [2.24, 2.45) is 5.73 Å². The summed E-state index contributed by atoms with van der Waals surface area (Å²) in [5, 5.41) is 0. The first kappa shape index (κ1) is 16.7. The number of rotatable bonds is 3. The largest absolute Gasteiger partial charge is 0.337 e. The Morgan fingerprint density at radius 1 is 1.23 bits per heavy atom. The van der Waals surface area contributed by atoms with E-state index >= 15 is 0 Å². The van der Waals surface area contributed by atoms with E-state index in [0.29, 0.717) is 36.1 Å². The zero-order valence-corrected chi connectivity index (χ0v) is 14.0. The van der Waals surface area contributed by atoms with Crippen LogP contribution in [0, 0.1) is 0 Å². The topological polar surface area (TPSA) is 75.0 Å². The third-order valence-corrected chi connectivity index (χ3v) is 4.89. The number of benzene rings is 2. The lowest BCUT2D eigenvalue weighted by Gasteiger charge is -2.25. The van der Waals surface area contributed by atoms with Gasteiger partial charge < -0.3 is 15.6 Å². The van der Waals surface area contributed by atoms with Gasteiger partial charge in [0.1, 0.15) is 0 Å². The fourth-order valence-electron chi connectivity index (χ4n) is 3.46. The Labute approximate surface area is 148 Å². The van der Waals surface area contributed by atoms with Crippen molar-refractivity contribution in [3.8, 4) is 0 Å². The first-order valence-electron chi connectivity index (χ1n) is 8.38. The third-order valence-electron chi connectivity index (χ3n) is 4.89. The molecule has 5 nitrogen and oxygen atoms in total. The molecule has 3 aromatic rings. The Kier molecular flexibility index (Phi) is 3.96. The molecule has 134 valence electrons. The molecule has 26 heavy (non-hydrogen) atoms. The standard InChI is InChI=1S/C19H18F2N4O/c20-16(21)17-23-14-7-6-12(10-15(14)24-17)18(26)25-9-8-19(22,11-25)13-4-2-1-3-5-13/h1-7,10,16H,8-9,11,22H2,(H,23,24). The number of aromatic nitrogens is 2. The lowest BCUT2D eigenvalue weighted by molar-refractivity contribution is 0.0784. The van der Waals surface area contributed by atoms with E-state index in [4.69, 9.17) is 5.73 Å². The van der Waals surface area contributed by atoms with Crippen LogP contribution in [0.1, 0.15) is 34.6 Å². The Bertz CT molecular complexity index is 957. The van der Waals surface area contributed by atoms with Crippen LogP contribution in [0.5, 0.6) is 0 Å². The van der Waals surface area contributed by atoms with Crippen molar-refractivity contribution in [2.75, 3.05) is 13.1 Å². The Morgan fingerprint density at radius 3 is 2.73 bits per heavy atom. The minimum absolute atomic E-state index is 0.164. The van der Waals surface area contributed by atoms with Gasteiger partial charge in [0, 0.05) is 18.7 Å². The molecule has 2 aromatic carbocycles. The van der Waals surface area contributed by atoms with Gasteiger partial charge in [-0.1, -0.05) is 30.3 Å². The molecule has 0 spiro atoms. The lowest BCUT2D eigenvalue weighted by Crippen LogP contribution is -2.41. The third kappa shape index (κ3) is 2.84. The number of alkyl halides is 2. The van der Waals surface area contributed by atoms with Gasteiger partial charge in [-0.15, -0.1) is 0 Å². The molecule has 1 aliphatic rings. The molecule has 1 aliphatic heterocycles. The zero-order chi connectivity index (χ0) is 18.3. The van der Waals surface area contributed by atoms with E-state index in [1.54, 1.807) is 23.1 Å². The van der Waals surface area contributed by atoms with Crippen LogP contribution >= 0.6 is 0 Å². The van der Waals surface area contributed by atoms with Gasteiger partial charge >= 0.3 is 0 Å². The maximum absolute atomic E-state index is 12.8. The molecule has 0 radical (unpaired) electrons. The number of nitrogens with zero attached hydrogens (tertiary/aromatic N) is 2. The number of imidazole rings is 1. The maximum atomic E-state index is 12.8. The summed E-state index contributed by atoms with van der Waals surface area (Å²) in [6.07, 6.45) is -2.01. The molecule has 4 rings (SSSR count). The number of nitrogens with two attached hydrogens (primary N) is 1. The molecular formula is C19H18F2N4O. The number of amides is 1. The van der Waals surface area contributed by atoms with E-state index < -0.39 is 17.8 Å². The highest BCUT2D eigenvalue weighted by molar-refractivity contribution is 5.97. The quantitative estimate of drug-likeness (QED) is 0.757. The van der Waals surface area contributed by atoms with Gasteiger partial charge in [-0.3, -0.25) is 4.79 Å². The number of fused-ring (bicyclic) bond motifs is 1. The summed E-state index contributed by atoms with van der Waals surface area (Å²) >= 11 is 0. The summed E-state index contributed by atoms with van der Waals surface area (Å²) in [7, 11) is 0. The van der Waals surface area contributed by atoms with Gasteiger partial charge in [0.15, 0.2) is 5.82 Å². The van der Waals surface area contributed by atoms with Crippen molar-refractivity contribution >= 4 is 16.9 Å². The van der Waals surface area contributed by atoms with E-state index in [0.717, 1.165) is 5.56 Å². The SMILES string of the molecule is NC1(c2ccccc2)CCN(C(=O)c2ccc3nc(C(F)F)[nH]c3c2)C1. The number of aromatic amines is 1. The highest BCUT2D eigenvalue weighted by atomic mass is 19.3. The van der Waals surface area contributed by atoms with Crippen LogP contribution in [0.3, 0.4) is 0 Å². The van der Waals surface area contributed by atoms with Crippen LogP contribution in [0.15, 0.2) is 48.5 Å². The average molecular weight is 356 g/mol. The molecule has 1 aromatic heterocycles. The Balaban J connectivity index is 1.57. The van der Waals surface area contributed by atoms with Gasteiger partial charge in [-0.2, -0.15) is 0 Å². The fraction of sp³-hybridized carbons (Fsp3) is 0.263. The summed E-state index contributed by atoms with van der Waals surface area (Å²) in [6.45, 7) is 0.965. The second-order valence-electron chi connectivity index (χ2n) is 6.65. The Morgan fingerprint density at radius 2 is 2.00 bits per heavy atom. The van der Waals surface area contributed by atoms with Crippen LogP contribution in [0.25, 0.3) is 11.0 Å². The van der Waals surface area contributed by atoms with Crippen molar-refractivity contribution < 1.29 is 13.6 Å². The van der Waals surface area contributed by atoms with Crippen molar-refractivity contribution in [1.29, 1.82) is 0 Å². The fourth-order valence-corrected chi connectivity index (χ4v) is 3.46. The van der Waals surface area contributed by atoms with Crippen molar-refractivity contribution in [3.05, 3.63) is 65.5 Å². The molecule has 0 aliphatic carbocycles. The molecule has 1 fully saturated rings. The number of halogens is 2. The summed E-state index contributed by atoms with van der Waals surface area (Å²) < 4.78 is 25.5. The van der Waals surface area contributed by atoms with E-state index in [9.17, 15) is 13.6 Å². The minimum Gasteiger partial charge on any atom is -0.337 e. The molecule has 1 atom stereocenters. The van der Waals surface area contributed by atoms with Gasteiger partial charge in [-0.05, 0) is 30.2 Å². The molecule has 0 saturated carbocycles. The van der Waals surface area contributed by atoms with E-state index in [2.05, 4.69) is 9.97 Å². The second kappa shape index (κ2) is 6.17. The highest BCUT2D eigenvalue weighted by Gasteiger charge is 2.38. The number of nitrogens with one attached hydrogen (secondary N) is 1. The van der Waals surface area contributed by atoms with Crippen LogP contribution < -0.4 is 5.73 Å². The van der Waals surface area contributed by atoms with E-state index in [1.807, 2.05) is 30.3 Å². The van der Waals surface area contributed by atoms with Crippen molar-refractivity contribution in [3.63, 3.8) is 0 Å². The molecule has 1 saturated heterocycles. The summed E-state index contributed by atoms with van der Waals surface area (Å²) in [5.41, 5.74) is 8.22. The molecule has 2 heterocycles. The first-order valence-corrected chi connectivity index (χ1v) is 8.38. The summed E-state index contributed by atoms with van der Waals surface area (Å²) in [6, 6.07) is 14.5. The number of H-pyrrole nitrogens is 1. The maximum Gasteiger partial charge on any atom is 0.295 e. The van der Waals surface area contributed by atoms with Gasteiger partial charge in [0.05, 0.1) is 16.6 Å². The normalized spacial score (nSPS) is 20.2. The van der Waals surface area contributed by atoms with Gasteiger partial charge in [0.2, 0.25) is 0 Å². The molecule has 1 amide bonds. The van der Waals surface area contributed by atoms with E-state index in [-0.39, 0.29) is 5.91 Å². The average Bonchev–Trinajstić information content (AvgIpc) is 3.26. The monoisotopic (exact) mass is 356 g/mol. The van der Waals surface area contributed by atoms with E-state index in [1.165, 1.54) is 0 Å². The molecular weight excluding hydrogens is 338 g/mol. The number of hydrogen-bond acceptors (Lipinski definition) is 3. The molecule has 7 heteroatoms. The lowest BCUT2D eigenvalue weighted by atomic mass is 9.90. The van der Waals surface area contributed by atoms with Crippen LogP contribution in [-0.2, 0) is 5.54 Å². The highest BCUT2D eigenvalue weighted by Crippen LogP contribution is 2.30. The van der Waals surface area contributed by atoms with Gasteiger partial charge in [-0.25, -0.2) is 13.8 Å². The minimum atomic E-state index is -2.68. The summed E-state index contributed by atoms with van der Waals surface area (Å²) in [5.74, 6) is -0.556. The van der Waals surface area contributed by atoms with Crippen molar-refractivity contribution in [1.82, 2.24) is 14.9 Å². The van der Waals surface area contributed by atoms with Crippen LogP contribution in [0.4, 0.5) is 8.78 Å². The second-order valence-corrected chi connectivity index (χ2v) is 6.65. The smallest absolute Gasteiger partial charge is 0.295 e. The molecule has 3 N–H and O–H groups in total. The van der Waals surface area contributed by atoms with Crippen molar-refractivity contribution in [2.45, 2.75) is 18.4 Å².